The van der Waals surface area contributed by atoms with Gasteiger partial charge < -0.3 is 25.6 Å². The minimum absolute atomic E-state index is 0.703. The number of aliphatic hydroxyl groups is 1. The molecule has 2 saturated carbocycles. The van der Waals surface area contributed by atoms with Gasteiger partial charge in [0, 0.05) is 12.1 Å². The Labute approximate surface area is 169 Å². The molecule has 2 atom stereocenters. The van der Waals surface area contributed by atoms with Crippen molar-refractivity contribution < 1.29 is 24.5 Å². The molecule has 164 valence electrons. The number of carboxylic acid groups (broad SMARTS) is 1. The minimum Gasteiger partial charge on any atom is -0.480 e. The van der Waals surface area contributed by atoms with Crippen LogP contribution >= 0.6 is 0 Å². The van der Waals surface area contributed by atoms with Gasteiger partial charge in [-0.25, -0.2) is 9.59 Å². The van der Waals surface area contributed by atoms with Crippen molar-refractivity contribution >= 4 is 12.1 Å². The van der Waals surface area contributed by atoms with Crippen LogP contribution in [-0.4, -0.2) is 52.1 Å². The summed E-state index contributed by atoms with van der Waals surface area (Å²) >= 11 is 0. The van der Waals surface area contributed by atoms with Gasteiger partial charge in [-0.15, -0.1) is 0 Å². The summed E-state index contributed by atoms with van der Waals surface area (Å²) in [5.41, 5.74) is -0.703. The molecular weight excluding hydrogens is 360 g/mol. The van der Waals surface area contributed by atoms with E-state index >= 15 is 0 Å². The molecule has 2 aliphatic carbocycles. The summed E-state index contributed by atoms with van der Waals surface area (Å²) in [5.74, 6) is -1.31. The van der Waals surface area contributed by atoms with Gasteiger partial charge in [-0.1, -0.05) is 38.5 Å². The Kier molecular flexibility index (Phi) is 10.8. The lowest BCUT2D eigenvalue weighted by Gasteiger charge is -2.30. The number of amides is 1. The number of carbonyl (C=O) groups excluding carboxylic acids is 1. The lowest BCUT2D eigenvalue weighted by atomic mass is 9.91. The fourth-order valence-electron chi connectivity index (χ4n) is 3.70. The largest absolute Gasteiger partial charge is 0.480 e. The zero-order valence-corrected chi connectivity index (χ0v) is 18.0. The molecule has 0 aromatic heterocycles. The normalized spacial score (nSPS) is 21.0. The summed E-state index contributed by atoms with van der Waals surface area (Å²) in [6.07, 6.45) is 12.5. The molecule has 4 N–H and O–H groups in total. The smallest absolute Gasteiger partial charge is 0.408 e. The second-order valence-electron chi connectivity index (χ2n) is 9.04. The van der Waals surface area contributed by atoms with E-state index in [0.717, 1.165) is 12.1 Å². The second-order valence-corrected chi connectivity index (χ2v) is 9.04. The average molecular weight is 401 g/mol. The molecule has 2 rings (SSSR count). The molecule has 28 heavy (non-hydrogen) atoms. The Balaban J connectivity index is 0.000000281. The highest BCUT2D eigenvalue weighted by atomic mass is 16.6. The number of hydrogen-bond acceptors (Lipinski definition) is 5. The quantitative estimate of drug-likeness (QED) is 0.562. The summed E-state index contributed by atoms with van der Waals surface area (Å²) < 4.78 is 4.84. The third-order valence-corrected chi connectivity index (χ3v) is 5.10. The number of carboxylic acids is 1. The van der Waals surface area contributed by atoms with E-state index in [-0.39, 0.29) is 0 Å². The molecule has 2 aliphatic rings. The first-order valence-electron chi connectivity index (χ1n) is 10.7. The van der Waals surface area contributed by atoms with Crippen LogP contribution in [0.15, 0.2) is 0 Å². The SMILES string of the molecule is C1CCC(NC2CCCCC2)CC1.C[C@@H](O)[C@H](NC(=O)OC(C)(C)C)C(=O)O. The van der Waals surface area contributed by atoms with E-state index in [1.165, 1.54) is 71.1 Å². The zero-order valence-electron chi connectivity index (χ0n) is 18.0. The van der Waals surface area contributed by atoms with Gasteiger partial charge in [0.2, 0.25) is 0 Å². The summed E-state index contributed by atoms with van der Waals surface area (Å²) in [6.45, 7) is 6.25. The topological polar surface area (TPSA) is 108 Å². The molecule has 7 heteroatoms. The standard InChI is InChI=1S/C12H23N.C9H17NO5/c1-3-7-11(8-4-1)13-12-9-5-2-6-10-12;1-5(11)6(7(12)13)10-8(14)15-9(2,3)4/h11-13H,1-10H2;5-6,11H,1-4H3,(H,10,14)(H,12,13)/t;5-,6+/m.1/s1. The number of aliphatic hydroxyl groups excluding tert-OH is 1. The van der Waals surface area contributed by atoms with Crippen LogP contribution < -0.4 is 10.6 Å². The van der Waals surface area contributed by atoms with Crippen molar-refractivity contribution in [3.63, 3.8) is 0 Å². The van der Waals surface area contributed by atoms with Gasteiger partial charge in [0.05, 0.1) is 6.10 Å². The van der Waals surface area contributed by atoms with Crippen LogP contribution in [0.25, 0.3) is 0 Å². The lowest BCUT2D eigenvalue weighted by Crippen LogP contribution is -2.49. The van der Waals surface area contributed by atoms with Gasteiger partial charge in [-0.2, -0.15) is 0 Å². The maximum Gasteiger partial charge on any atom is 0.408 e. The molecular formula is C21H40N2O5. The molecule has 0 unspecified atom stereocenters. The molecule has 0 radical (unpaired) electrons. The van der Waals surface area contributed by atoms with Crippen LogP contribution in [0.4, 0.5) is 4.79 Å². The van der Waals surface area contributed by atoms with E-state index in [1.54, 1.807) is 20.8 Å². The maximum absolute atomic E-state index is 11.2. The van der Waals surface area contributed by atoms with Crippen LogP contribution in [0.2, 0.25) is 0 Å². The van der Waals surface area contributed by atoms with Crippen molar-refractivity contribution in [2.45, 2.75) is 122 Å². The summed E-state index contributed by atoms with van der Waals surface area (Å²) in [4.78, 5) is 21.8. The van der Waals surface area contributed by atoms with Gasteiger partial charge >= 0.3 is 12.1 Å². The van der Waals surface area contributed by atoms with Crippen molar-refractivity contribution in [3.05, 3.63) is 0 Å². The Morgan fingerprint density at radius 2 is 1.36 bits per heavy atom. The Hall–Kier alpha value is -1.34. The molecule has 0 heterocycles. The first-order chi connectivity index (χ1) is 13.1. The highest BCUT2D eigenvalue weighted by Gasteiger charge is 2.27. The lowest BCUT2D eigenvalue weighted by molar-refractivity contribution is -0.142. The molecule has 0 aliphatic heterocycles. The molecule has 2 fully saturated rings. The number of hydrogen-bond donors (Lipinski definition) is 4. The molecule has 0 saturated heterocycles. The van der Waals surface area contributed by atoms with Crippen LogP contribution in [0.3, 0.4) is 0 Å². The van der Waals surface area contributed by atoms with Crippen molar-refractivity contribution in [1.82, 2.24) is 10.6 Å². The summed E-state index contributed by atoms with van der Waals surface area (Å²) in [5, 5.41) is 23.7. The molecule has 0 aromatic rings. The van der Waals surface area contributed by atoms with Gasteiger partial charge in [0.15, 0.2) is 6.04 Å². The molecule has 0 spiro atoms. The fourth-order valence-corrected chi connectivity index (χ4v) is 3.70. The molecule has 0 bridgehead atoms. The molecule has 0 aromatic carbocycles. The van der Waals surface area contributed by atoms with Gasteiger partial charge in [-0.3, -0.25) is 0 Å². The monoisotopic (exact) mass is 400 g/mol. The first-order valence-corrected chi connectivity index (χ1v) is 10.7. The van der Waals surface area contributed by atoms with Crippen LogP contribution in [0.5, 0.6) is 0 Å². The van der Waals surface area contributed by atoms with E-state index in [1.807, 2.05) is 0 Å². The highest BCUT2D eigenvalue weighted by Crippen LogP contribution is 2.22. The second kappa shape index (κ2) is 12.3. The van der Waals surface area contributed by atoms with E-state index < -0.39 is 29.8 Å². The first kappa shape index (κ1) is 24.7. The predicted molar refractivity (Wildman–Crippen MR) is 109 cm³/mol. The Morgan fingerprint density at radius 1 is 0.929 bits per heavy atom. The number of carbonyl (C=O) groups is 2. The summed E-state index contributed by atoms with van der Waals surface area (Å²) in [7, 11) is 0. The number of ether oxygens (including phenoxy) is 1. The van der Waals surface area contributed by atoms with E-state index in [9.17, 15) is 9.59 Å². The fraction of sp³-hybridized carbons (Fsp3) is 0.905. The van der Waals surface area contributed by atoms with E-state index in [4.69, 9.17) is 14.9 Å². The minimum atomic E-state index is -1.36. The third-order valence-electron chi connectivity index (χ3n) is 5.10. The average Bonchev–Trinajstić information content (AvgIpc) is 2.60. The number of aliphatic carboxylic acids is 1. The molecule has 1 amide bonds. The summed E-state index contributed by atoms with van der Waals surface area (Å²) in [6, 6.07) is 0.383. The van der Waals surface area contributed by atoms with Gasteiger partial charge in [0.25, 0.3) is 0 Å². The molecule has 7 nitrogen and oxygen atoms in total. The maximum atomic E-state index is 11.2. The predicted octanol–water partition coefficient (Wildman–Crippen LogP) is 3.59. The van der Waals surface area contributed by atoms with Crippen molar-refractivity contribution in [3.8, 4) is 0 Å². The van der Waals surface area contributed by atoms with Crippen molar-refractivity contribution in [2.75, 3.05) is 0 Å². The van der Waals surface area contributed by atoms with Gasteiger partial charge in [0.1, 0.15) is 5.60 Å². The number of nitrogens with one attached hydrogen (secondary N) is 2. The number of alkyl carbamates (subject to hydrolysis) is 1. The van der Waals surface area contributed by atoms with E-state index in [2.05, 4.69) is 10.6 Å². The Bertz CT molecular complexity index is 448. The van der Waals surface area contributed by atoms with Gasteiger partial charge in [-0.05, 0) is 53.4 Å². The van der Waals surface area contributed by atoms with Crippen LogP contribution in [-0.2, 0) is 9.53 Å². The van der Waals surface area contributed by atoms with E-state index in [0.29, 0.717) is 0 Å². The number of rotatable bonds is 5. The zero-order chi connectivity index (χ0) is 21.2. The Morgan fingerprint density at radius 3 is 1.68 bits per heavy atom. The van der Waals surface area contributed by atoms with Crippen LogP contribution in [0.1, 0.15) is 91.9 Å². The van der Waals surface area contributed by atoms with Crippen molar-refractivity contribution in [1.29, 1.82) is 0 Å². The van der Waals surface area contributed by atoms with Crippen molar-refractivity contribution in [2.24, 2.45) is 0 Å². The highest BCUT2D eigenvalue weighted by molar-refractivity contribution is 5.80. The van der Waals surface area contributed by atoms with Crippen LogP contribution in [0, 0.1) is 0 Å². The third kappa shape index (κ3) is 10.9.